The second-order valence-corrected chi connectivity index (χ2v) is 10.0. The normalized spacial score (nSPS) is 17.7. The summed E-state index contributed by atoms with van der Waals surface area (Å²) in [5, 5.41) is 8.42. The first-order valence-corrected chi connectivity index (χ1v) is 12.9. The molecule has 16 heteroatoms. The molecule has 0 aliphatic carbocycles. The van der Waals surface area contributed by atoms with E-state index in [1.165, 1.54) is 30.0 Å². The Kier molecular flexibility index (Phi) is 7.87. The monoisotopic (exact) mass is 593 g/mol. The highest BCUT2D eigenvalue weighted by Crippen LogP contribution is 2.40. The van der Waals surface area contributed by atoms with Gasteiger partial charge in [-0.15, -0.1) is 0 Å². The molecular formula is C25H27ClF3N9O3. The molecule has 1 amide bonds. The zero-order valence-electron chi connectivity index (χ0n) is 22.4. The van der Waals surface area contributed by atoms with E-state index in [4.69, 9.17) is 31.5 Å². The van der Waals surface area contributed by atoms with Crippen molar-refractivity contribution in [2.24, 2.45) is 12.0 Å². The van der Waals surface area contributed by atoms with E-state index in [0.29, 0.717) is 55.4 Å². The first kappa shape index (κ1) is 28.7. The van der Waals surface area contributed by atoms with E-state index in [2.05, 4.69) is 14.9 Å². The molecule has 218 valence electrons. The number of aliphatic imine (C=N–C) groups is 1. The molecule has 41 heavy (non-hydrogen) atoms. The lowest BCUT2D eigenvalue weighted by Gasteiger charge is -2.42. The zero-order valence-corrected chi connectivity index (χ0v) is 23.1. The molecule has 0 radical (unpaired) electrons. The number of morpholine rings is 1. The highest BCUT2D eigenvalue weighted by Gasteiger charge is 2.39. The summed E-state index contributed by atoms with van der Waals surface area (Å²) in [5.41, 5.74) is 1.62. The van der Waals surface area contributed by atoms with Crippen molar-refractivity contribution in [2.45, 2.75) is 18.9 Å². The predicted octanol–water partition coefficient (Wildman–Crippen LogP) is 2.99. The minimum absolute atomic E-state index is 0.0891. The topological polar surface area (TPSA) is 124 Å². The molecule has 2 aliphatic heterocycles. The highest BCUT2D eigenvalue weighted by molar-refractivity contribution is 6.31. The molecule has 12 nitrogen and oxygen atoms in total. The second-order valence-electron chi connectivity index (χ2n) is 9.63. The lowest BCUT2D eigenvalue weighted by atomic mass is 10.1. The van der Waals surface area contributed by atoms with Gasteiger partial charge in [-0.2, -0.15) is 13.2 Å². The molecule has 1 aromatic carbocycles. The van der Waals surface area contributed by atoms with Crippen LogP contribution in [0.15, 0.2) is 35.6 Å². The molecule has 0 spiro atoms. The predicted molar refractivity (Wildman–Crippen MR) is 142 cm³/mol. The lowest BCUT2D eigenvalue weighted by Crippen LogP contribution is -2.48. The van der Waals surface area contributed by atoms with Crippen LogP contribution in [0.2, 0.25) is 5.02 Å². The summed E-state index contributed by atoms with van der Waals surface area (Å²) in [7, 11) is 5.32. The molecule has 1 saturated heterocycles. The average Bonchev–Trinajstić information content (AvgIpc) is 3.26. The van der Waals surface area contributed by atoms with Crippen molar-refractivity contribution >= 4 is 35.1 Å². The fourth-order valence-corrected chi connectivity index (χ4v) is 5.08. The maximum absolute atomic E-state index is 13.7. The number of aromatic nitrogens is 4. The van der Waals surface area contributed by atoms with Gasteiger partial charge in [0, 0.05) is 52.2 Å². The minimum atomic E-state index is -4.62. The van der Waals surface area contributed by atoms with Gasteiger partial charge in [-0.25, -0.2) is 25.4 Å². The van der Waals surface area contributed by atoms with Crippen molar-refractivity contribution in [3.8, 4) is 0 Å². The molecule has 3 aromatic rings. The Balaban J connectivity index is 1.54. The quantitative estimate of drug-likeness (QED) is 0.328. The summed E-state index contributed by atoms with van der Waals surface area (Å²) in [6, 6.07) is 3.77. The molecule has 5 rings (SSSR count). The first-order valence-electron chi connectivity index (χ1n) is 12.5. The number of amidine groups is 1. The molecular weight excluding hydrogens is 567 g/mol. The van der Waals surface area contributed by atoms with Crippen LogP contribution in [-0.2, 0) is 24.5 Å². The Hall–Kier alpha value is -3.79. The van der Waals surface area contributed by atoms with E-state index >= 15 is 0 Å². The van der Waals surface area contributed by atoms with Gasteiger partial charge in [0.1, 0.15) is 23.5 Å². The van der Waals surface area contributed by atoms with Crippen LogP contribution in [-0.4, -0.2) is 86.7 Å². The van der Waals surface area contributed by atoms with Gasteiger partial charge in [-0.1, -0.05) is 11.6 Å². The van der Waals surface area contributed by atoms with Gasteiger partial charge in [0.05, 0.1) is 35.9 Å². The fourth-order valence-electron chi connectivity index (χ4n) is 4.86. The van der Waals surface area contributed by atoms with Gasteiger partial charge in [0.15, 0.2) is 5.82 Å². The number of hydrogen-bond donors (Lipinski definition) is 2. The number of halogens is 4. The van der Waals surface area contributed by atoms with Gasteiger partial charge in [0.25, 0.3) is 5.91 Å². The number of carbonyl (C=O) groups is 1. The van der Waals surface area contributed by atoms with E-state index in [0.717, 1.165) is 6.07 Å². The number of hydrogen-bond acceptors (Lipinski definition) is 10. The van der Waals surface area contributed by atoms with Crippen LogP contribution in [0.25, 0.3) is 0 Å². The molecule has 4 heterocycles. The number of nitrogens with zero attached hydrogens (tertiary/aromatic N) is 8. The Bertz CT molecular complexity index is 1470. The Morgan fingerprint density at radius 1 is 1.22 bits per heavy atom. The maximum atomic E-state index is 13.7. The number of benzene rings is 1. The summed E-state index contributed by atoms with van der Waals surface area (Å²) in [5.74, 6) is 1.05. The van der Waals surface area contributed by atoms with Gasteiger partial charge in [-0.05, 0) is 18.2 Å². The van der Waals surface area contributed by atoms with E-state index in [9.17, 15) is 18.0 Å². The van der Waals surface area contributed by atoms with Gasteiger partial charge in [0.2, 0.25) is 5.95 Å². The van der Waals surface area contributed by atoms with Crippen LogP contribution < -0.4 is 10.4 Å². The Labute approximate surface area is 238 Å². The molecule has 1 atom stereocenters. The summed E-state index contributed by atoms with van der Waals surface area (Å²) >= 11 is 5.89. The lowest BCUT2D eigenvalue weighted by molar-refractivity contribution is -0.137. The smallest absolute Gasteiger partial charge is 0.379 e. The summed E-state index contributed by atoms with van der Waals surface area (Å²) < 4.78 is 48.4. The van der Waals surface area contributed by atoms with Crippen molar-refractivity contribution in [3.05, 3.63) is 63.8 Å². The van der Waals surface area contributed by atoms with Crippen molar-refractivity contribution < 1.29 is 27.9 Å². The summed E-state index contributed by atoms with van der Waals surface area (Å²) in [6.45, 7) is 2.48. The van der Waals surface area contributed by atoms with Gasteiger partial charge >= 0.3 is 6.18 Å². The molecule has 0 bridgehead atoms. The van der Waals surface area contributed by atoms with Crippen molar-refractivity contribution in [2.75, 3.05) is 45.3 Å². The minimum Gasteiger partial charge on any atom is -0.379 e. The van der Waals surface area contributed by atoms with E-state index in [1.54, 1.807) is 30.6 Å². The summed E-state index contributed by atoms with van der Waals surface area (Å²) in [4.78, 5) is 35.4. The molecule has 1 fully saturated rings. The zero-order chi connectivity index (χ0) is 29.5. The van der Waals surface area contributed by atoms with E-state index in [-0.39, 0.29) is 22.7 Å². The van der Waals surface area contributed by atoms with Crippen LogP contribution in [0.3, 0.4) is 0 Å². The van der Waals surface area contributed by atoms with Crippen molar-refractivity contribution in [1.29, 1.82) is 0 Å². The average molecular weight is 594 g/mol. The number of hydroxylamine groups is 1. The van der Waals surface area contributed by atoms with Crippen molar-refractivity contribution in [1.82, 2.24) is 34.8 Å². The summed E-state index contributed by atoms with van der Waals surface area (Å²) in [6.07, 6.45) is -2.46. The Morgan fingerprint density at radius 2 is 1.90 bits per heavy atom. The Morgan fingerprint density at radius 3 is 2.54 bits per heavy atom. The first-order chi connectivity index (χ1) is 19.5. The third kappa shape index (κ3) is 5.57. The standard InChI is InChI=1S/C25H27ClF3N9O3/c1-35(24-30-11-15(12-31-24)22(39)34-40)13-18-32-19-21(36(18)2)33-20(37(3)23(19)38-6-8-41-9-7-38)14-4-5-17(26)16(10-14)25(27,28)29/h4-5,10-12,23,40H,6-9,13H2,1-3H3,(H,34,39). The molecule has 2 aromatic heterocycles. The van der Waals surface area contributed by atoms with Gasteiger partial charge in [-0.3, -0.25) is 14.9 Å². The fraction of sp³-hybridized carbons (Fsp3) is 0.400. The number of nitrogens with one attached hydrogen (secondary N) is 1. The van der Waals surface area contributed by atoms with Crippen LogP contribution in [0.5, 0.6) is 0 Å². The maximum Gasteiger partial charge on any atom is 0.417 e. The number of anilines is 1. The van der Waals surface area contributed by atoms with E-state index < -0.39 is 23.8 Å². The number of amides is 1. The SMILES string of the molecule is CN(Cc1nc2c(n1C)N=C(c1ccc(Cl)c(C(F)(F)F)c1)N(C)C2N1CCOCC1)c1ncc(C(=O)NO)cn1. The number of rotatable bonds is 6. The largest absolute Gasteiger partial charge is 0.417 e. The van der Waals surface area contributed by atoms with Gasteiger partial charge < -0.3 is 19.1 Å². The van der Waals surface area contributed by atoms with Crippen LogP contribution in [0.4, 0.5) is 24.9 Å². The molecule has 0 saturated carbocycles. The number of carbonyl (C=O) groups excluding carboxylic acids is 1. The van der Waals surface area contributed by atoms with E-state index in [1.807, 2.05) is 4.90 Å². The van der Waals surface area contributed by atoms with Crippen LogP contribution in [0, 0.1) is 0 Å². The third-order valence-corrected chi connectivity index (χ3v) is 7.31. The van der Waals surface area contributed by atoms with Crippen molar-refractivity contribution in [3.63, 3.8) is 0 Å². The number of ether oxygens (including phenoxy) is 1. The third-order valence-electron chi connectivity index (χ3n) is 6.98. The molecule has 2 N–H and O–H groups in total. The highest BCUT2D eigenvalue weighted by atomic mass is 35.5. The number of alkyl halides is 3. The van der Waals surface area contributed by atoms with Crippen LogP contribution >= 0.6 is 11.6 Å². The van der Waals surface area contributed by atoms with Crippen LogP contribution in [0.1, 0.15) is 39.2 Å². The molecule has 2 aliphatic rings. The second kappa shape index (κ2) is 11.2. The molecule has 1 unspecified atom stereocenters. The number of fused-ring (bicyclic) bond motifs is 1. The number of imidazole rings is 1.